The summed E-state index contributed by atoms with van der Waals surface area (Å²) in [6.07, 6.45) is 5.05. The average Bonchev–Trinajstić information content (AvgIpc) is 2.82. The molecule has 0 bridgehead atoms. The number of hydrogen-bond acceptors (Lipinski definition) is 4. The van der Waals surface area contributed by atoms with Crippen LogP contribution in [-0.2, 0) is 17.8 Å². The summed E-state index contributed by atoms with van der Waals surface area (Å²) >= 11 is 0. The van der Waals surface area contributed by atoms with Gasteiger partial charge in [0.1, 0.15) is 6.33 Å². The molecule has 15 heavy (non-hydrogen) atoms. The van der Waals surface area contributed by atoms with Gasteiger partial charge in [-0.15, -0.1) is 0 Å². The summed E-state index contributed by atoms with van der Waals surface area (Å²) in [5.74, 6) is 0. The summed E-state index contributed by atoms with van der Waals surface area (Å²) in [5.41, 5.74) is 3.57. The van der Waals surface area contributed by atoms with E-state index < -0.39 is 0 Å². The largest absolute Gasteiger partial charge is 0.376 e. The maximum absolute atomic E-state index is 5.49. The second-order valence-electron chi connectivity index (χ2n) is 4.14. The third kappa shape index (κ3) is 1.64. The smallest absolute Gasteiger partial charge is 0.116 e. The van der Waals surface area contributed by atoms with Crippen molar-refractivity contribution in [2.75, 3.05) is 13.2 Å². The van der Waals surface area contributed by atoms with E-state index in [0.717, 1.165) is 25.3 Å². The number of rotatable bonds is 1. The number of hydrogen-bond donors (Lipinski definition) is 1. The van der Waals surface area contributed by atoms with Crippen LogP contribution in [0.3, 0.4) is 0 Å². The summed E-state index contributed by atoms with van der Waals surface area (Å²) in [6.45, 7) is 2.58. The first kappa shape index (κ1) is 9.24. The van der Waals surface area contributed by atoms with E-state index in [1.54, 1.807) is 6.33 Å². The lowest BCUT2D eigenvalue weighted by Crippen LogP contribution is -2.21. The molecule has 1 aromatic heterocycles. The van der Waals surface area contributed by atoms with E-state index in [1.807, 2.05) is 0 Å². The van der Waals surface area contributed by atoms with Gasteiger partial charge in [-0.25, -0.2) is 9.97 Å². The molecule has 3 heterocycles. The van der Waals surface area contributed by atoms with Gasteiger partial charge in [-0.2, -0.15) is 0 Å². The topological polar surface area (TPSA) is 47.0 Å². The van der Waals surface area contributed by atoms with Crippen LogP contribution >= 0.6 is 0 Å². The van der Waals surface area contributed by atoms with Crippen LogP contribution in [0.4, 0.5) is 0 Å². The lowest BCUT2D eigenvalue weighted by atomic mass is 10.0. The number of ether oxygens (including phenoxy) is 1. The second-order valence-corrected chi connectivity index (χ2v) is 4.14. The molecule has 4 nitrogen and oxygen atoms in total. The maximum atomic E-state index is 5.49. The minimum atomic E-state index is 0.420. The summed E-state index contributed by atoms with van der Waals surface area (Å²) < 4.78 is 5.49. The third-order valence-electron chi connectivity index (χ3n) is 3.19. The van der Waals surface area contributed by atoms with Gasteiger partial charge in [0.2, 0.25) is 0 Å². The second kappa shape index (κ2) is 3.87. The lowest BCUT2D eigenvalue weighted by molar-refractivity contribution is 0.107. The fourth-order valence-corrected chi connectivity index (χ4v) is 2.40. The highest BCUT2D eigenvalue weighted by atomic mass is 16.5. The Hall–Kier alpha value is -1.00. The molecule has 0 spiro atoms. The zero-order valence-electron chi connectivity index (χ0n) is 8.70. The van der Waals surface area contributed by atoms with E-state index in [0.29, 0.717) is 12.6 Å². The van der Waals surface area contributed by atoms with E-state index in [1.165, 1.54) is 24.1 Å². The first-order valence-electron chi connectivity index (χ1n) is 5.59. The van der Waals surface area contributed by atoms with Crippen molar-refractivity contribution in [3.63, 3.8) is 0 Å². The molecule has 0 aromatic carbocycles. The van der Waals surface area contributed by atoms with Gasteiger partial charge in [0.25, 0.3) is 0 Å². The molecule has 80 valence electrons. The fourth-order valence-electron chi connectivity index (χ4n) is 2.40. The van der Waals surface area contributed by atoms with Crippen LogP contribution < -0.4 is 5.32 Å². The molecule has 1 atom stereocenters. The first-order chi connectivity index (χ1) is 7.45. The SMILES string of the molecule is c1nc2c(c([C@@H]3CCCN3)n1)COCC2. The van der Waals surface area contributed by atoms with Crippen molar-refractivity contribution >= 4 is 0 Å². The van der Waals surface area contributed by atoms with Crippen molar-refractivity contribution in [2.24, 2.45) is 0 Å². The molecule has 2 aliphatic rings. The van der Waals surface area contributed by atoms with Gasteiger partial charge in [-0.1, -0.05) is 0 Å². The van der Waals surface area contributed by atoms with Crippen molar-refractivity contribution in [1.29, 1.82) is 0 Å². The average molecular weight is 205 g/mol. The van der Waals surface area contributed by atoms with Gasteiger partial charge in [0.15, 0.2) is 0 Å². The van der Waals surface area contributed by atoms with E-state index >= 15 is 0 Å². The van der Waals surface area contributed by atoms with Gasteiger partial charge in [-0.3, -0.25) is 0 Å². The Morgan fingerprint density at radius 1 is 1.40 bits per heavy atom. The number of fused-ring (bicyclic) bond motifs is 1. The van der Waals surface area contributed by atoms with Crippen LogP contribution in [0.2, 0.25) is 0 Å². The summed E-state index contributed by atoms with van der Waals surface area (Å²) in [4.78, 5) is 8.75. The number of nitrogens with one attached hydrogen (secondary N) is 1. The Balaban J connectivity index is 1.99. The molecule has 1 aromatic rings. The van der Waals surface area contributed by atoms with E-state index in [9.17, 15) is 0 Å². The number of nitrogens with zero attached hydrogens (tertiary/aromatic N) is 2. The zero-order valence-corrected chi connectivity index (χ0v) is 8.70. The predicted molar refractivity (Wildman–Crippen MR) is 55.4 cm³/mol. The van der Waals surface area contributed by atoms with Crippen LogP contribution in [0.25, 0.3) is 0 Å². The molecule has 1 fully saturated rings. The van der Waals surface area contributed by atoms with Crippen LogP contribution in [0.15, 0.2) is 6.33 Å². The quantitative estimate of drug-likeness (QED) is 0.742. The van der Waals surface area contributed by atoms with Gasteiger partial charge in [0, 0.05) is 12.0 Å². The molecule has 3 rings (SSSR count). The lowest BCUT2D eigenvalue weighted by Gasteiger charge is -2.20. The molecular formula is C11H15N3O. The normalized spacial score (nSPS) is 25.2. The van der Waals surface area contributed by atoms with Crippen molar-refractivity contribution < 1.29 is 4.74 Å². The molecule has 0 aliphatic carbocycles. The zero-order chi connectivity index (χ0) is 10.1. The molecule has 0 saturated carbocycles. The Kier molecular flexibility index (Phi) is 2.38. The minimum Gasteiger partial charge on any atom is -0.376 e. The Bertz CT molecular complexity index is 361. The first-order valence-corrected chi connectivity index (χ1v) is 5.59. The van der Waals surface area contributed by atoms with E-state index in [4.69, 9.17) is 4.74 Å². The summed E-state index contributed by atoms with van der Waals surface area (Å²) in [6, 6.07) is 0.420. The van der Waals surface area contributed by atoms with Crippen LogP contribution in [0, 0.1) is 0 Å². The van der Waals surface area contributed by atoms with Gasteiger partial charge in [-0.05, 0) is 19.4 Å². The molecular weight excluding hydrogens is 190 g/mol. The molecule has 2 aliphatic heterocycles. The van der Waals surface area contributed by atoms with Gasteiger partial charge in [0.05, 0.1) is 30.6 Å². The van der Waals surface area contributed by atoms with E-state index in [-0.39, 0.29) is 0 Å². The Labute approximate surface area is 89.1 Å². The van der Waals surface area contributed by atoms with Crippen molar-refractivity contribution in [3.8, 4) is 0 Å². The van der Waals surface area contributed by atoms with Gasteiger partial charge < -0.3 is 10.1 Å². The predicted octanol–water partition coefficient (Wildman–Crippen LogP) is 0.974. The third-order valence-corrected chi connectivity index (χ3v) is 3.19. The highest BCUT2D eigenvalue weighted by Crippen LogP contribution is 2.27. The molecule has 1 N–H and O–H groups in total. The van der Waals surface area contributed by atoms with E-state index in [2.05, 4.69) is 15.3 Å². The van der Waals surface area contributed by atoms with Crippen molar-refractivity contribution in [3.05, 3.63) is 23.3 Å². The molecule has 0 radical (unpaired) electrons. The minimum absolute atomic E-state index is 0.420. The highest BCUT2D eigenvalue weighted by molar-refractivity contribution is 5.28. The summed E-state index contributed by atoms with van der Waals surface area (Å²) in [5, 5.41) is 3.48. The van der Waals surface area contributed by atoms with Gasteiger partial charge >= 0.3 is 0 Å². The monoisotopic (exact) mass is 205 g/mol. The molecule has 1 saturated heterocycles. The van der Waals surface area contributed by atoms with Crippen LogP contribution in [0.1, 0.15) is 35.8 Å². The van der Waals surface area contributed by atoms with Crippen LogP contribution in [-0.4, -0.2) is 23.1 Å². The number of aromatic nitrogens is 2. The summed E-state index contributed by atoms with van der Waals surface area (Å²) in [7, 11) is 0. The molecule has 4 heteroatoms. The van der Waals surface area contributed by atoms with Crippen molar-refractivity contribution in [1.82, 2.24) is 15.3 Å². The maximum Gasteiger partial charge on any atom is 0.116 e. The fraction of sp³-hybridized carbons (Fsp3) is 0.636. The standard InChI is InChI=1S/C11H15N3O/c1-2-10(12-4-1)11-8-6-15-5-3-9(8)13-7-14-11/h7,10,12H,1-6H2/t10-/m0/s1. The highest BCUT2D eigenvalue weighted by Gasteiger charge is 2.24. The Morgan fingerprint density at radius 2 is 2.40 bits per heavy atom. The molecule has 0 unspecified atom stereocenters. The molecule has 0 amide bonds. The van der Waals surface area contributed by atoms with Crippen molar-refractivity contribution in [2.45, 2.75) is 31.9 Å². The van der Waals surface area contributed by atoms with Crippen LogP contribution in [0.5, 0.6) is 0 Å². The Morgan fingerprint density at radius 3 is 3.27 bits per heavy atom.